The summed E-state index contributed by atoms with van der Waals surface area (Å²) in [6.07, 6.45) is 1.24. The van der Waals surface area contributed by atoms with Crippen molar-refractivity contribution in [3.05, 3.63) is 12.3 Å². The minimum Gasteiger partial charge on any atom is -0.389 e. The first-order chi connectivity index (χ1) is 5.04. The van der Waals surface area contributed by atoms with Gasteiger partial charge in [0.05, 0.1) is 0 Å². The van der Waals surface area contributed by atoms with E-state index < -0.39 is 0 Å². The van der Waals surface area contributed by atoms with E-state index in [1.807, 2.05) is 6.92 Å². The Kier molecular flexibility index (Phi) is 5.01. The number of allylic oxidation sites excluding steroid dienone is 1. The van der Waals surface area contributed by atoms with Crippen molar-refractivity contribution in [3.8, 4) is 0 Å². The summed E-state index contributed by atoms with van der Waals surface area (Å²) in [5, 5.41) is 3.24. The Hall–Kier alpha value is -0.460. The normalized spacial score (nSPS) is 13.2. The van der Waals surface area contributed by atoms with Crippen molar-refractivity contribution < 1.29 is 0 Å². The summed E-state index contributed by atoms with van der Waals surface area (Å²) >= 11 is 0. The van der Waals surface area contributed by atoms with Gasteiger partial charge >= 0.3 is 0 Å². The Labute approximate surface area is 70.9 Å². The van der Waals surface area contributed by atoms with Crippen LogP contribution in [0.5, 0.6) is 0 Å². The van der Waals surface area contributed by atoms with Gasteiger partial charge in [-0.1, -0.05) is 27.4 Å². The van der Waals surface area contributed by atoms with Crippen LogP contribution in [0.25, 0.3) is 0 Å². The monoisotopic (exact) mass is 155 g/mol. The molecular formula is C10H21N. The van der Waals surface area contributed by atoms with Crippen LogP contribution in [0, 0.1) is 11.8 Å². The molecule has 0 radical (unpaired) electrons. The quantitative estimate of drug-likeness (QED) is 0.643. The third-order valence-corrected chi connectivity index (χ3v) is 2.16. The van der Waals surface area contributed by atoms with E-state index in [-0.39, 0.29) is 0 Å². The van der Waals surface area contributed by atoms with Gasteiger partial charge in [-0.05, 0) is 25.2 Å². The van der Waals surface area contributed by atoms with Crippen LogP contribution in [0.4, 0.5) is 0 Å². The van der Waals surface area contributed by atoms with Crippen molar-refractivity contribution >= 4 is 0 Å². The Morgan fingerprint density at radius 2 is 1.91 bits per heavy atom. The molecule has 1 N–H and O–H groups in total. The second-order valence-corrected chi connectivity index (χ2v) is 3.72. The second kappa shape index (κ2) is 5.22. The average molecular weight is 155 g/mol. The highest BCUT2D eigenvalue weighted by atomic mass is 14.9. The van der Waals surface area contributed by atoms with Gasteiger partial charge in [-0.2, -0.15) is 0 Å². The number of hydrogen-bond donors (Lipinski definition) is 1. The van der Waals surface area contributed by atoms with E-state index in [4.69, 9.17) is 0 Å². The molecule has 0 aliphatic carbocycles. The maximum absolute atomic E-state index is 3.79. The topological polar surface area (TPSA) is 12.0 Å². The predicted octanol–water partition coefficient (Wildman–Crippen LogP) is 2.79. The average Bonchev–Trinajstić information content (AvgIpc) is 1.86. The molecule has 0 aromatic rings. The van der Waals surface area contributed by atoms with E-state index >= 15 is 0 Å². The SMILES string of the molecule is C=C(C)NCCC(C)C(C)C. The molecule has 1 atom stereocenters. The lowest BCUT2D eigenvalue weighted by Gasteiger charge is -2.15. The molecule has 1 nitrogen and oxygen atoms in total. The van der Waals surface area contributed by atoms with Gasteiger partial charge in [0.25, 0.3) is 0 Å². The van der Waals surface area contributed by atoms with Crippen LogP contribution in [0.2, 0.25) is 0 Å². The third-order valence-electron chi connectivity index (χ3n) is 2.16. The van der Waals surface area contributed by atoms with E-state index in [1.54, 1.807) is 0 Å². The van der Waals surface area contributed by atoms with Gasteiger partial charge in [0.2, 0.25) is 0 Å². The lowest BCUT2D eigenvalue weighted by atomic mass is 9.95. The molecule has 0 aromatic heterocycles. The lowest BCUT2D eigenvalue weighted by Crippen LogP contribution is -2.16. The minimum absolute atomic E-state index is 0.793. The van der Waals surface area contributed by atoms with E-state index in [1.165, 1.54) is 6.42 Å². The molecule has 1 heteroatoms. The van der Waals surface area contributed by atoms with Crippen LogP contribution >= 0.6 is 0 Å². The second-order valence-electron chi connectivity index (χ2n) is 3.72. The Morgan fingerprint density at radius 3 is 2.27 bits per heavy atom. The van der Waals surface area contributed by atoms with Crippen LogP contribution in [-0.4, -0.2) is 6.54 Å². The number of rotatable bonds is 5. The standard InChI is InChI=1S/C10H21N/c1-8(2)10(5)6-7-11-9(3)4/h8,10-11H,3,6-7H2,1-2,4-5H3. The van der Waals surface area contributed by atoms with E-state index in [0.717, 1.165) is 24.1 Å². The molecule has 0 heterocycles. The molecule has 0 fully saturated rings. The van der Waals surface area contributed by atoms with Crippen molar-refractivity contribution in [1.82, 2.24) is 5.32 Å². The lowest BCUT2D eigenvalue weighted by molar-refractivity contribution is 0.389. The van der Waals surface area contributed by atoms with Gasteiger partial charge in [0, 0.05) is 12.2 Å². The van der Waals surface area contributed by atoms with Crippen LogP contribution in [0.1, 0.15) is 34.1 Å². The highest BCUT2D eigenvalue weighted by molar-refractivity contribution is 4.83. The molecule has 0 amide bonds. The van der Waals surface area contributed by atoms with Crippen LogP contribution in [0.15, 0.2) is 12.3 Å². The molecule has 0 aliphatic rings. The highest BCUT2D eigenvalue weighted by Gasteiger charge is 2.05. The van der Waals surface area contributed by atoms with E-state index in [0.29, 0.717) is 0 Å². The van der Waals surface area contributed by atoms with Crippen molar-refractivity contribution in [3.63, 3.8) is 0 Å². The van der Waals surface area contributed by atoms with Crippen LogP contribution in [-0.2, 0) is 0 Å². The van der Waals surface area contributed by atoms with Crippen LogP contribution in [0.3, 0.4) is 0 Å². The molecule has 0 aromatic carbocycles. The molecule has 0 spiro atoms. The van der Waals surface area contributed by atoms with Gasteiger partial charge in [0.15, 0.2) is 0 Å². The summed E-state index contributed by atoms with van der Waals surface area (Å²) in [7, 11) is 0. The highest BCUT2D eigenvalue weighted by Crippen LogP contribution is 2.12. The fraction of sp³-hybridized carbons (Fsp3) is 0.800. The summed E-state index contributed by atoms with van der Waals surface area (Å²) in [4.78, 5) is 0. The maximum atomic E-state index is 3.79. The molecule has 11 heavy (non-hydrogen) atoms. The molecule has 0 bridgehead atoms. The first kappa shape index (κ1) is 10.5. The van der Waals surface area contributed by atoms with E-state index in [9.17, 15) is 0 Å². The molecule has 0 saturated carbocycles. The first-order valence-corrected chi connectivity index (χ1v) is 4.43. The van der Waals surface area contributed by atoms with Crippen molar-refractivity contribution in [2.24, 2.45) is 11.8 Å². The van der Waals surface area contributed by atoms with Crippen molar-refractivity contribution in [1.29, 1.82) is 0 Å². The van der Waals surface area contributed by atoms with Gasteiger partial charge in [0.1, 0.15) is 0 Å². The zero-order valence-electron chi connectivity index (χ0n) is 8.28. The number of hydrogen-bond acceptors (Lipinski definition) is 1. The van der Waals surface area contributed by atoms with Gasteiger partial charge in [-0.15, -0.1) is 0 Å². The summed E-state index contributed by atoms with van der Waals surface area (Å²) in [5.74, 6) is 1.60. The third kappa shape index (κ3) is 5.96. The predicted molar refractivity (Wildman–Crippen MR) is 51.4 cm³/mol. The van der Waals surface area contributed by atoms with Crippen molar-refractivity contribution in [2.45, 2.75) is 34.1 Å². The smallest absolute Gasteiger partial charge is 0.0146 e. The van der Waals surface area contributed by atoms with E-state index in [2.05, 4.69) is 32.7 Å². The summed E-state index contributed by atoms with van der Waals surface area (Å²) in [5.41, 5.74) is 1.07. The molecule has 0 saturated heterocycles. The summed E-state index contributed by atoms with van der Waals surface area (Å²) in [6, 6.07) is 0. The van der Waals surface area contributed by atoms with Gasteiger partial charge < -0.3 is 5.32 Å². The van der Waals surface area contributed by atoms with Crippen LogP contribution < -0.4 is 5.32 Å². The number of nitrogens with one attached hydrogen (secondary N) is 1. The molecule has 0 aliphatic heterocycles. The summed E-state index contributed by atoms with van der Waals surface area (Å²) in [6.45, 7) is 13.7. The Morgan fingerprint density at radius 1 is 1.36 bits per heavy atom. The summed E-state index contributed by atoms with van der Waals surface area (Å²) < 4.78 is 0. The fourth-order valence-corrected chi connectivity index (χ4v) is 0.847. The molecule has 66 valence electrons. The molecule has 0 rings (SSSR count). The Bertz CT molecular complexity index is 116. The minimum atomic E-state index is 0.793. The van der Waals surface area contributed by atoms with Crippen molar-refractivity contribution in [2.75, 3.05) is 6.54 Å². The maximum Gasteiger partial charge on any atom is 0.0146 e. The molecular weight excluding hydrogens is 134 g/mol. The molecule has 1 unspecified atom stereocenters. The van der Waals surface area contributed by atoms with Gasteiger partial charge in [-0.3, -0.25) is 0 Å². The zero-order valence-corrected chi connectivity index (χ0v) is 8.28. The largest absolute Gasteiger partial charge is 0.389 e. The fourth-order valence-electron chi connectivity index (χ4n) is 0.847. The zero-order chi connectivity index (χ0) is 8.85. The van der Waals surface area contributed by atoms with Gasteiger partial charge in [-0.25, -0.2) is 0 Å². The first-order valence-electron chi connectivity index (χ1n) is 4.43. The Balaban J connectivity index is 3.31.